The van der Waals surface area contributed by atoms with Gasteiger partial charge >= 0.3 is 0 Å². The average Bonchev–Trinajstić information content (AvgIpc) is 4.07. The number of nitrogens with one attached hydrogen (secondary N) is 8. The van der Waals surface area contributed by atoms with E-state index in [-0.39, 0.29) is 0 Å². The Morgan fingerprint density at radius 3 is 0.406 bits per heavy atom. The number of hydrogen-bond donors (Lipinski definition) is 8. The fourth-order valence-corrected chi connectivity index (χ4v) is 23.0. The number of fused-ring (bicyclic) bond motifs is 24. The normalized spacial score (nSPS) is 63.4. The second-order valence-corrected chi connectivity index (χ2v) is 27.1. The molecule has 8 N–H and O–H groups in total. The maximum atomic E-state index is 4.66. The standard InChI is InChI=1S/C56H96N8/c1-25-33-17-9-10-18-34(33)26(2)42-41(25)49-57-50(42)62-52-45-29(5)37-21-13-14-22-38(37)30(6)46(45)54(59-52)64-56-48-32(8)40-24-16-15-23-39(40)31(7)47(48)55(60-56)63-53-44-28(4)36-20-12-11-19-35(36)27(3)43(44)51(58-53)61-49/h25-64H,9-24H2,1-8H3. The van der Waals surface area contributed by atoms with Gasteiger partial charge in [-0.1, -0.05) is 107 Å². The van der Waals surface area contributed by atoms with Crippen molar-refractivity contribution in [2.45, 2.75) is 207 Å². The quantitative estimate of drug-likeness (QED) is 0.123. The first-order valence-electron chi connectivity index (χ1n) is 29.2. The Hall–Kier alpha value is -0.320. The molecule has 13 fully saturated rings. The first kappa shape index (κ1) is 43.7. The Labute approximate surface area is 390 Å². The molecule has 360 valence electrons. The molecule has 0 aromatic heterocycles. The fraction of sp³-hybridized carbons (Fsp3) is 1.00. The van der Waals surface area contributed by atoms with E-state index in [0.29, 0.717) is 96.7 Å². The minimum atomic E-state index is 0.330. The van der Waals surface area contributed by atoms with Crippen LogP contribution in [0.1, 0.15) is 158 Å². The van der Waals surface area contributed by atoms with Crippen molar-refractivity contribution in [1.82, 2.24) is 42.5 Å². The molecule has 24 unspecified atom stereocenters. The zero-order valence-electron chi connectivity index (χ0n) is 41.8. The molecule has 0 aromatic rings. The summed E-state index contributed by atoms with van der Waals surface area (Å²) in [7, 11) is 0. The molecule has 13 rings (SSSR count). The largest absolute Gasteiger partial charge is 0.286 e. The monoisotopic (exact) mass is 881 g/mol. The summed E-state index contributed by atoms with van der Waals surface area (Å²) in [5.74, 6) is 18.2. The molecule has 5 heterocycles. The lowest BCUT2D eigenvalue weighted by Gasteiger charge is -2.54. The van der Waals surface area contributed by atoms with E-state index in [4.69, 9.17) is 0 Å². The van der Waals surface area contributed by atoms with Crippen molar-refractivity contribution < 1.29 is 0 Å². The molecular weight excluding hydrogens is 785 g/mol. The molecule has 24 atom stereocenters. The minimum absolute atomic E-state index is 0.330. The van der Waals surface area contributed by atoms with Gasteiger partial charge in [0, 0.05) is 0 Å². The van der Waals surface area contributed by atoms with Crippen LogP contribution in [0.15, 0.2) is 0 Å². The van der Waals surface area contributed by atoms with Gasteiger partial charge in [0.2, 0.25) is 0 Å². The molecule has 0 aromatic carbocycles. The summed E-state index contributed by atoms with van der Waals surface area (Å²) in [6.45, 7) is 21.8. The van der Waals surface area contributed by atoms with Gasteiger partial charge in [0.1, 0.15) is 0 Å². The number of hydrogen-bond acceptors (Lipinski definition) is 8. The molecule has 13 aliphatic rings. The fourth-order valence-electron chi connectivity index (χ4n) is 23.0. The van der Waals surface area contributed by atoms with Crippen molar-refractivity contribution in [2.24, 2.45) is 142 Å². The third kappa shape index (κ3) is 6.45. The van der Waals surface area contributed by atoms with Gasteiger partial charge in [-0.2, -0.15) is 0 Å². The van der Waals surface area contributed by atoms with E-state index in [1.165, 1.54) is 103 Å². The van der Waals surface area contributed by atoms with E-state index < -0.39 is 0 Å². The van der Waals surface area contributed by atoms with Crippen LogP contribution in [0.2, 0.25) is 0 Å². The lowest BCUT2D eigenvalue weighted by molar-refractivity contribution is -0.0490. The van der Waals surface area contributed by atoms with Crippen molar-refractivity contribution in [3.05, 3.63) is 0 Å². The highest BCUT2D eigenvalue weighted by Crippen LogP contribution is 2.61. The van der Waals surface area contributed by atoms with Crippen LogP contribution in [0.25, 0.3) is 0 Å². The van der Waals surface area contributed by atoms with E-state index in [1.54, 1.807) is 0 Å². The minimum Gasteiger partial charge on any atom is -0.286 e. The predicted molar refractivity (Wildman–Crippen MR) is 258 cm³/mol. The SMILES string of the molecule is CC1C2CCCCC2C(C)C2C3NC(NC4NC(NC5NC(NC6NC(N3)C3C(C)C7CCCCC7C(C)C63)C3C(C)C6CCCCC6C(C)C53)C3C(C)C5CCCCC5C(C)C43)C12. The molecule has 0 spiro atoms. The van der Waals surface area contributed by atoms with E-state index in [9.17, 15) is 0 Å². The van der Waals surface area contributed by atoms with Gasteiger partial charge in [-0.15, -0.1) is 0 Å². The summed E-state index contributed by atoms with van der Waals surface area (Å²) in [6.07, 6.45) is 25.8. The molecule has 5 saturated heterocycles. The van der Waals surface area contributed by atoms with Gasteiger partial charge in [0.05, 0.1) is 49.3 Å². The summed E-state index contributed by atoms with van der Waals surface area (Å²) in [5, 5.41) is 36.9. The first-order chi connectivity index (χ1) is 31.1. The van der Waals surface area contributed by atoms with Crippen LogP contribution in [0.4, 0.5) is 0 Å². The smallest absolute Gasteiger partial charge is 0.0631 e. The zero-order valence-corrected chi connectivity index (χ0v) is 41.8. The van der Waals surface area contributed by atoms with E-state index in [2.05, 4.69) is 97.9 Å². The van der Waals surface area contributed by atoms with Crippen LogP contribution in [0.5, 0.6) is 0 Å². The van der Waals surface area contributed by atoms with Crippen LogP contribution in [0, 0.1) is 142 Å². The van der Waals surface area contributed by atoms with Gasteiger partial charge in [-0.05, 0) is 193 Å². The Morgan fingerprint density at radius 2 is 0.297 bits per heavy atom. The second kappa shape index (κ2) is 16.6. The summed E-state index contributed by atoms with van der Waals surface area (Å²) in [5.41, 5.74) is 0. The highest BCUT2D eigenvalue weighted by molar-refractivity contribution is 5.16. The van der Waals surface area contributed by atoms with E-state index in [0.717, 1.165) is 94.7 Å². The summed E-state index contributed by atoms with van der Waals surface area (Å²) in [6, 6.07) is 0. The Bertz CT molecular complexity index is 1340. The maximum Gasteiger partial charge on any atom is 0.0631 e. The third-order valence-corrected chi connectivity index (χ3v) is 25.5. The van der Waals surface area contributed by atoms with Crippen LogP contribution in [0.3, 0.4) is 0 Å². The first-order valence-corrected chi connectivity index (χ1v) is 29.2. The van der Waals surface area contributed by atoms with Crippen LogP contribution < -0.4 is 42.5 Å². The van der Waals surface area contributed by atoms with Gasteiger partial charge in [0.25, 0.3) is 0 Å². The summed E-state index contributed by atoms with van der Waals surface area (Å²) < 4.78 is 0. The molecule has 8 saturated carbocycles. The van der Waals surface area contributed by atoms with Gasteiger partial charge < -0.3 is 0 Å². The number of rotatable bonds is 0. The van der Waals surface area contributed by atoms with Crippen LogP contribution in [-0.2, 0) is 0 Å². The molecule has 8 bridgehead atoms. The van der Waals surface area contributed by atoms with Crippen LogP contribution in [-0.4, -0.2) is 49.3 Å². The van der Waals surface area contributed by atoms with Gasteiger partial charge in [-0.3, -0.25) is 42.5 Å². The molecule has 8 heteroatoms. The average molecular weight is 881 g/mol. The van der Waals surface area contributed by atoms with Crippen molar-refractivity contribution in [3.63, 3.8) is 0 Å². The summed E-state index contributed by atoms with van der Waals surface area (Å²) >= 11 is 0. The summed E-state index contributed by atoms with van der Waals surface area (Å²) in [4.78, 5) is 0. The molecule has 5 aliphatic heterocycles. The molecular formula is C56H96N8. The Morgan fingerprint density at radius 1 is 0.188 bits per heavy atom. The lowest BCUT2D eigenvalue weighted by Crippen LogP contribution is -2.62. The predicted octanol–water partition coefficient (Wildman–Crippen LogP) is 8.68. The zero-order chi connectivity index (χ0) is 43.4. The lowest BCUT2D eigenvalue weighted by atomic mass is 9.53. The van der Waals surface area contributed by atoms with E-state index >= 15 is 0 Å². The van der Waals surface area contributed by atoms with Crippen LogP contribution >= 0.6 is 0 Å². The van der Waals surface area contributed by atoms with E-state index in [1.807, 2.05) is 0 Å². The maximum absolute atomic E-state index is 4.66. The second-order valence-electron chi connectivity index (χ2n) is 27.1. The van der Waals surface area contributed by atoms with Crippen molar-refractivity contribution in [3.8, 4) is 0 Å². The molecule has 0 radical (unpaired) electrons. The van der Waals surface area contributed by atoms with Crippen molar-refractivity contribution in [2.75, 3.05) is 0 Å². The Kier molecular flexibility index (Phi) is 11.4. The van der Waals surface area contributed by atoms with Gasteiger partial charge in [-0.25, -0.2) is 0 Å². The molecule has 64 heavy (non-hydrogen) atoms. The third-order valence-electron chi connectivity index (χ3n) is 25.5. The van der Waals surface area contributed by atoms with Crippen molar-refractivity contribution >= 4 is 0 Å². The molecule has 8 nitrogen and oxygen atoms in total. The topological polar surface area (TPSA) is 96.2 Å². The van der Waals surface area contributed by atoms with Gasteiger partial charge in [0.15, 0.2) is 0 Å². The highest BCUT2D eigenvalue weighted by atomic mass is 15.4. The highest BCUT2D eigenvalue weighted by Gasteiger charge is 2.64. The molecule has 0 amide bonds. The van der Waals surface area contributed by atoms with Crippen molar-refractivity contribution in [1.29, 1.82) is 0 Å². The molecule has 8 aliphatic carbocycles. The Balaban J connectivity index is 0.922.